The van der Waals surface area contributed by atoms with Gasteiger partial charge in [-0.25, -0.2) is 4.39 Å². The standard InChI is InChI=1S/C7H2ClF3O2/c8-3-1-5-6(2-4(3)9)13-7(10,11)12-5/h1-2H. The van der Waals surface area contributed by atoms with Gasteiger partial charge in [0.2, 0.25) is 0 Å². The third-order valence-electron chi connectivity index (χ3n) is 1.44. The molecule has 0 N–H and O–H groups in total. The molecule has 0 bridgehead atoms. The lowest BCUT2D eigenvalue weighted by atomic mass is 10.3. The molecule has 1 aliphatic heterocycles. The number of fused-ring (bicyclic) bond motifs is 1. The van der Waals surface area contributed by atoms with E-state index in [0.29, 0.717) is 0 Å². The summed E-state index contributed by atoms with van der Waals surface area (Å²) in [5.74, 6) is -1.45. The Bertz CT molecular complexity index is 334. The minimum absolute atomic E-state index is 0.267. The molecule has 0 saturated heterocycles. The van der Waals surface area contributed by atoms with Crippen LogP contribution in [0.4, 0.5) is 13.2 Å². The first-order valence-electron chi connectivity index (χ1n) is 3.23. The van der Waals surface area contributed by atoms with Gasteiger partial charge in [-0.05, 0) is 0 Å². The predicted octanol–water partition coefficient (Wildman–Crippen LogP) is 2.80. The fourth-order valence-corrected chi connectivity index (χ4v) is 1.10. The van der Waals surface area contributed by atoms with E-state index in [1.807, 2.05) is 0 Å². The summed E-state index contributed by atoms with van der Waals surface area (Å²) in [7, 11) is 0. The monoisotopic (exact) mass is 210 g/mol. The summed E-state index contributed by atoms with van der Waals surface area (Å²) in [6.45, 7) is 0. The van der Waals surface area contributed by atoms with Gasteiger partial charge in [-0.15, -0.1) is 8.78 Å². The molecule has 0 amide bonds. The molecule has 2 nitrogen and oxygen atoms in total. The first-order chi connectivity index (χ1) is 5.98. The SMILES string of the molecule is Fc1cc2c(cc1Cl)OC(F)(F)O2. The number of hydrogen-bond donors (Lipinski definition) is 0. The molecule has 0 aliphatic carbocycles. The largest absolute Gasteiger partial charge is 0.586 e. The molecule has 0 spiro atoms. The molecule has 0 atom stereocenters. The summed E-state index contributed by atoms with van der Waals surface area (Å²) in [4.78, 5) is 0. The van der Waals surface area contributed by atoms with Crippen LogP contribution in [-0.4, -0.2) is 6.29 Å². The van der Waals surface area contributed by atoms with Crippen molar-refractivity contribution in [3.8, 4) is 11.5 Å². The van der Waals surface area contributed by atoms with Gasteiger partial charge in [0.25, 0.3) is 0 Å². The summed E-state index contributed by atoms with van der Waals surface area (Å²) >= 11 is 5.33. The summed E-state index contributed by atoms with van der Waals surface area (Å²) in [5, 5.41) is -0.292. The van der Waals surface area contributed by atoms with Crippen LogP contribution >= 0.6 is 11.6 Å². The summed E-state index contributed by atoms with van der Waals surface area (Å²) < 4.78 is 45.5. The van der Waals surface area contributed by atoms with Crippen molar-refractivity contribution in [2.45, 2.75) is 6.29 Å². The molecule has 70 valence electrons. The molecule has 1 heterocycles. The van der Waals surface area contributed by atoms with E-state index < -0.39 is 12.1 Å². The van der Waals surface area contributed by atoms with Crippen molar-refractivity contribution in [2.24, 2.45) is 0 Å². The maximum Gasteiger partial charge on any atom is 0.586 e. The zero-order chi connectivity index (χ0) is 9.64. The number of halogens is 4. The molecule has 1 aromatic rings. The number of rotatable bonds is 0. The Morgan fingerprint density at radius 3 is 2.31 bits per heavy atom. The van der Waals surface area contributed by atoms with E-state index in [2.05, 4.69) is 9.47 Å². The Kier molecular flexibility index (Phi) is 1.60. The van der Waals surface area contributed by atoms with Gasteiger partial charge >= 0.3 is 6.29 Å². The van der Waals surface area contributed by atoms with E-state index in [4.69, 9.17) is 11.6 Å². The van der Waals surface area contributed by atoms with Crippen LogP contribution in [0.25, 0.3) is 0 Å². The van der Waals surface area contributed by atoms with Gasteiger partial charge in [-0.1, -0.05) is 11.6 Å². The minimum Gasteiger partial charge on any atom is -0.395 e. The van der Waals surface area contributed by atoms with Crippen molar-refractivity contribution in [3.05, 3.63) is 23.0 Å². The van der Waals surface area contributed by atoms with Crippen LogP contribution in [-0.2, 0) is 0 Å². The third kappa shape index (κ3) is 1.39. The lowest BCUT2D eigenvalue weighted by Crippen LogP contribution is -2.25. The van der Waals surface area contributed by atoms with E-state index in [-0.39, 0.29) is 16.5 Å². The highest BCUT2D eigenvalue weighted by molar-refractivity contribution is 6.30. The van der Waals surface area contributed by atoms with Crippen molar-refractivity contribution in [1.29, 1.82) is 0 Å². The van der Waals surface area contributed by atoms with Crippen LogP contribution in [0.15, 0.2) is 12.1 Å². The molecule has 0 unspecified atom stereocenters. The van der Waals surface area contributed by atoms with E-state index in [1.165, 1.54) is 0 Å². The van der Waals surface area contributed by atoms with Crippen molar-refractivity contribution in [1.82, 2.24) is 0 Å². The Balaban J connectivity index is 2.48. The van der Waals surface area contributed by atoms with Crippen LogP contribution in [0, 0.1) is 5.82 Å². The average Bonchev–Trinajstić information content (AvgIpc) is 2.24. The third-order valence-corrected chi connectivity index (χ3v) is 1.73. The molecule has 6 heteroatoms. The molecule has 0 saturated carbocycles. The second kappa shape index (κ2) is 2.45. The number of hydrogen-bond acceptors (Lipinski definition) is 2. The zero-order valence-electron chi connectivity index (χ0n) is 5.98. The Hall–Kier alpha value is -1.10. The Morgan fingerprint density at radius 2 is 1.69 bits per heavy atom. The molecule has 0 fully saturated rings. The van der Waals surface area contributed by atoms with Gasteiger partial charge in [0.15, 0.2) is 11.5 Å². The van der Waals surface area contributed by atoms with Gasteiger partial charge in [0.05, 0.1) is 5.02 Å². The van der Waals surface area contributed by atoms with Crippen molar-refractivity contribution in [2.75, 3.05) is 0 Å². The number of ether oxygens (including phenoxy) is 2. The highest BCUT2D eigenvalue weighted by Gasteiger charge is 2.43. The highest BCUT2D eigenvalue weighted by Crippen LogP contribution is 2.42. The summed E-state index contributed by atoms with van der Waals surface area (Å²) in [6, 6.07) is 1.69. The smallest absolute Gasteiger partial charge is 0.395 e. The molecule has 0 radical (unpaired) electrons. The second-order valence-corrected chi connectivity index (χ2v) is 2.79. The van der Waals surface area contributed by atoms with Gasteiger partial charge in [0, 0.05) is 12.1 Å². The van der Waals surface area contributed by atoms with E-state index in [1.54, 1.807) is 0 Å². The molecule has 1 aliphatic rings. The van der Waals surface area contributed by atoms with Crippen LogP contribution in [0.2, 0.25) is 5.02 Å². The Morgan fingerprint density at radius 1 is 1.15 bits per heavy atom. The molecule has 13 heavy (non-hydrogen) atoms. The molecule has 1 aromatic carbocycles. The second-order valence-electron chi connectivity index (χ2n) is 2.38. The quantitative estimate of drug-likeness (QED) is 0.656. The maximum atomic E-state index is 12.7. The predicted molar refractivity (Wildman–Crippen MR) is 37.6 cm³/mol. The van der Waals surface area contributed by atoms with Crippen LogP contribution in [0.3, 0.4) is 0 Å². The van der Waals surface area contributed by atoms with Crippen LogP contribution in [0.5, 0.6) is 11.5 Å². The fraction of sp³-hybridized carbons (Fsp3) is 0.143. The summed E-state index contributed by atoms with van der Waals surface area (Å²) in [6.07, 6.45) is -3.74. The van der Waals surface area contributed by atoms with Gasteiger partial charge < -0.3 is 9.47 Å². The van der Waals surface area contributed by atoms with Crippen LogP contribution < -0.4 is 9.47 Å². The minimum atomic E-state index is -3.74. The van der Waals surface area contributed by atoms with Gasteiger partial charge in [-0.2, -0.15) is 0 Å². The number of benzene rings is 1. The van der Waals surface area contributed by atoms with Gasteiger partial charge in [-0.3, -0.25) is 0 Å². The topological polar surface area (TPSA) is 18.5 Å². The van der Waals surface area contributed by atoms with Crippen molar-refractivity contribution < 1.29 is 22.6 Å². The van der Waals surface area contributed by atoms with Crippen LogP contribution in [0.1, 0.15) is 0 Å². The van der Waals surface area contributed by atoms with Crippen molar-refractivity contribution in [3.63, 3.8) is 0 Å². The molecule has 2 rings (SSSR count). The Labute approximate surface area is 75.8 Å². The zero-order valence-corrected chi connectivity index (χ0v) is 6.74. The maximum absolute atomic E-state index is 12.7. The van der Waals surface area contributed by atoms with Crippen molar-refractivity contribution >= 4 is 11.6 Å². The lowest BCUT2D eigenvalue weighted by molar-refractivity contribution is -0.286. The normalized spacial score (nSPS) is 17.5. The van der Waals surface area contributed by atoms with E-state index in [0.717, 1.165) is 12.1 Å². The van der Waals surface area contributed by atoms with E-state index in [9.17, 15) is 13.2 Å². The average molecular weight is 211 g/mol. The first-order valence-corrected chi connectivity index (χ1v) is 3.61. The summed E-state index contributed by atoms with van der Waals surface area (Å²) in [5.41, 5.74) is 0. The van der Waals surface area contributed by atoms with E-state index >= 15 is 0 Å². The van der Waals surface area contributed by atoms with Gasteiger partial charge in [0.1, 0.15) is 5.82 Å². The first kappa shape index (κ1) is 8.50. The molecular formula is C7H2ClF3O2. The fourth-order valence-electron chi connectivity index (χ4n) is 0.947. The molecular weight excluding hydrogens is 209 g/mol. The highest BCUT2D eigenvalue weighted by atomic mass is 35.5. The lowest BCUT2D eigenvalue weighted by Gasteiger charge is -2.04. The number of alkyl halides is 2. The molecule has 0 aromatic heterocycles.